The molecule has 0 radical (unpaired) electrons. The minimum absolute atomic E-state index is 0.185. The Bertz CT molecular complexity index is 3130. The molecule has 2 nitrogen and oxygen atoms in total. The fourth-order valence-electron chi connectivity index (χ4n) is 7.66. The van der Waals surface area contributed by atoms with E-state index in [1.54, 1.807) is 0 Å². The van der Waals surface area contributed by atoms with Gasteiger partial charge in [-0.3, -0.25) is 0 Å². The van der Waals surface area contributed by atoms with E-state index in [4.69, 9.17) is 11.3 Å². The van der Waals surface area contributed by atoms with Crippen LogP contribution in [-0.2, 0) is 7.05 Å². The number of para-hydroxylation sites is 2. The summed E-state index contributed by atoms with van der Waals surface area (Å²) in [5.41, 5.74) is 8.26. The van der Waals surface area contributed by atoms with Gasteiger partial charge >= 0.3 is 0 Å². The Balaban J connectivity index is 1.40. The lowest BCUT2D eigenvalue weighted by atomic mass is 9.86. The third-order valence-electron chi connectivity index (χ3n) is 9.66. The number of furan rings is 1. The Morgan fingerprint density at radius 2 is 1.19 bits per heavy atom. The van der Waals surface area contributed by atoms with Crippen LogP contribution in [0.3, 0.4) is 0 Å². The number of benzene rings is 8. The average molecular weight is 605 g/mol. The second-order valence-corrected chi connectivity index (χ2v) is 12.1. The highest BCUT2D eigenvalue weighted by molar-refractivity contribution is 6.29. The molecule has 220 valence electrons. The highest BCUT2D eigenvalue weighted by Gasteiger charge is 2.25. The number of rotatable bonds is 3. The van der Waals surface area contributed by atoms with Crippen molar-refractivity contribution in [1.82, 2.24) is 4.57 Å². The highest BCUT2D eigenvalue weighted by Crippen LogP contribution is 2.50. The molecule has 0 N–H and O–H groups in total. The summed E-state index contributed by atoms with van der Waals surface area (Å²) in [5.74, 6) is 0. The third kappa shape index (κ3) is 3.73. The van der Waals surface area contributed by atoms with Crippen LogP contribution in [0.4, 0.5) is 0 Å². The van der Waals surface area contributed by atoms with Gasteiger partial charge < -0.3 is 8.98 Å². The Kier molecular flexibility index (Phi) is 4.57. The van der Waals surface area contributed by atoms with Crippen molar-refractivity contribution in [2.24, 2.45) is 7.05 Å². The summed E-state index contributed by atoms with van der Waals surface area (Å²) in [4.78, 5) is 0. The van der Waals surface area contributed by atoms with Crippen LogP contribution in [0.15, 0.2) is 162 Å². The molecule has 2 heterocycles. The number of aryl methyl sites for hydroxylation is 1. The Hall–Kier alpha value is -6.12. The molecule has 8 aromatic carbocycles. The largest absolute Gasteiger partial charge is 0.455 e. The molecule has 0 aliphatic heterocycles. The fraction of sp³-hybridized carbons (Fsp3) is 0.0222. The van der Waals surface area contributed by atoms with Crippen molar-refractivity contribution < 1.29 is 11.3 Å². The van der Waals surface area contributed by atoms with Crippen molar-refractivity contribution in [2.45, 2.75) is 0 Å². The Morgan fingerprint density at radius 1 is 0.532 bits per heavy atom. The van der Waals surface area contributed by atoms with Gasteiger partial charge in [-0.05, 0) is 56.4 Å². The van der Waals surface area contributed by atoms with Crippen LogP contribution in [0.1, 0.15) is 6.85 Å². The zero-order chi connectivity index (χ0) is 35.4. The Labute approximate surface area is 278 Å². The summed E-state index contributed by atoms with van der Waals surface area (Å²) in [6.07, 6.45) is 0. The maximum atomic E-state index is 8.92. The van der Waals surface area contributed by atoms with Gasteiger partial charge in [-0.25, -0.2) is 0 Å². The van der Waals surface area contributed by atoms with E-state index in [1.165, 1.54) is 5.39 Å². The summed E-state index contributed by atoms with van der Waals surface area (Å²) in [6, 6.07) is 42.2. The van der Waals surface area contributed by atoms with E-state index in [9.17, 15) is 0 Å². The van der Waals surface area contributed by atoms with Gasteiger partial charge in [-0.2, -0.15) is 0 Å². The average Bonchev–Trinajstić information content (AvgIpc) is 3.71. The quantitative estimate of drug-likeness (QED) is 0.196. The van der Waals surface area contributed by atoms with E-state index in [0.29, 0.717) is 5.56 Å². The third-order valence-corrected chi connectivity index (χ3v) is 9.66. The lowest BCUT2D eigenvalue weighted by Gasteiger charge is -2.17. The predicted octanol–water partition coefficient (Wildman–Crippen LogP) is 12.5. The maximum Gasteiger partial charge on any atom is 0.144 e. The van der Waals surface area contributed by atoms with E-state index in [1.807, 2.05) is 55.6 Å². The second kappa shape index (κ2) is 9.94. The summed E-state index contributed by atoms with van der Waals surface area (Å²) in [7, 11) is 2.03. The van der Waals surface area contributed by atoms with Crippen LogP contribution in [0.25, 0.3) is 98.7 Å². The molecule has 0 aliphatic rings. The molecular weight excluding hydrogens is 571 g/mol. The van der Waals surface area contributed by atoms with E-state index >= 15 is 0 Å². The minimum Gasteiger partial charge on any atom is -0.455 e. The van der Waals surface area contributed by atoms with Crippen molar-refractivity contribution in [3.05, 3.63) is 158 Å². The van der Waals surface area contributed by atoms with E-state index in [2.05, 4.69) is 83.4 Å². The number of hydrogen-bond acceptors (Lipinski definition) is 1. The topological polar surface area (TPSA) is 18.1 Å². The molecule has 10 rings (SSSR count). The first-order valence-electron chi connectivity index (χ1n) is 18.3. The van der Waals surface area contributed by atoms with Crippen LogP contribution >= 0.6 is 0 Å². The number of fused-ring (bicyclic) bond motifs is 8. The Morgan fingerprint density at radius 3 is 2.02 bits per heavy atom. The van der Waals surface area contributed by atoms with Gasteiger partial charge in [0.25, 0.3) is 0 Å². The fourth-order valence-corrected chi connectivity index (χ4v) is 7.66. The molecule has 0 saturated carbocycles. The number of hydrogen-bond donors (Lipinski definition) is 0. The van der Waals surface area contributed by atoms with Crippen molar-refractivity contribution in [3.8, 4) is 33.4 Å². The van der Waals surface area contributed by atoms with Crippen molar-refractivity contribution in [1.29, 1.82) is 0 Å². The second-order valence-electron chi connectivity index (χ2n) is 12.1. The lowest BCUT2D eigenvalue weighted by Crippen LogP contribution is -1.94. The minimum atomic E-state index is -0.408. The first kappa shape index (κ1) is 21.6. The molecule has 47 heavy (non-hydrogen) atoms. The lowest BCUT2D eigenvalue weighted by molar-refractivity contribution is 0.670. The summed E-state index contributed by atoms with van der Waals surface area (Å²) < 4.78 is 52.1. The highest BCUT2D eigenvalue weighted by atomic mass is 16.3. The van der Waals surface area contributed by atoms with Gasteiger partial charge in [0.2, 0.25) is 0 Å². The summed E-state index contributed by atoms with van der Waals surface area (Å²) in [5, 5.41) is 8.26. The summed E-state index contributed by atoms with van der Waals surface area (Å²) in [6.45, 7) is 0. The predicted molar refractivity (Wildman–Crippen MR) is 199 cm³/mol. The van der Waals surface area contributed by atoms with E-state index < -0.39 is 6.04 Å². The van der Waals surface area contributed by atoms with Crippen molar-refractivity contribution in [3.63, 3.8) is 0 Å². The smallest absolute Gasteiger partial charge is 0.144 e. The van der Waals surface area contributed by atoms with E-state index in [-0.39, 0.29) is 29.7 Å². The summed E-state index contributed by atoms with van der Waals surface area (Å²) >= 11 is 0. The normalized spacial score (nSPS) is 13.4. The number of nitrogens with zero attached hydrogens (tertiary/aromatic N) is 1. The molecule has 2 aromatic heterocycles. The zero-order valence-corrected chi connectivity index (χ0v) is 25.5. The molecule has 0 bridgehead atoms. The zero-order valence-electron chi connectivity index (χ0n) is 30.5. The molecule has 0 aliphatic carbocycles. The monoisotopic (exact) mass is 604 g/mol. The van der Waals surface area contributed by atoms with Crippen LogP contribution < -0.4 is 0 Å². The van der Waals surface area contributed by atoms with Crippen LogP contribution in [0.2, 0.25) is 0 Å². The molecule has 0 spiro atoms. The van der Waals surface area contributed by atoms with Crippen LogP contribution in [0, 0.1) is 0 Å². The molecule has 0 atom stereocenters. The SMILES string of the molecule is [2H]c1c([2H])c([2H])c(-c2ccc(-c3c4ccccc4c(-c4ccc5ccccc5c4)c4c3oc3ccccc34)c3c2c2ccccc2n3C)c([2H])c1[2H]. The van der Waals surface area contributed by atoms with Gasteiger partial charge in [0.1, 0.15) is 11.2 Å². The van der Waals surface area contributed by atoms with Gasteiger partial charge in [-0.1, -0.05) is 139 Å². The van der Waals surface area contributed by atoms with Gasteiger partial charge in [-0.15, -0.1) is 0 Å². The molecule has 0 amide bonds. The standard InChI is InChI=1S/C45H29NO/c1-46-38-21-11-9-19-35(38)41-32(29-14-3-2-4-15-29)25-26-37(44(41)46)42-34-18-8-7-17-33(34)40(31-24-23-28-13-5-6-16-30(28)27-31)43-36-20-10-12-22-39(36)47-45(42)43/h2-27H,1H3/i2D,3D,4D,14D,15D. The molecule has 10 aromatic rings. The van der Waals surface area contributed by atoms with Gasteiger partial charge in [0.05, 0.1) is 12.4 Å². The van der Waals surface area contributed by atoms with Crippen molar-refractivity contribution >= 4 is 65.3 Å². The van der Waals surface area contributed by atoms with Gasteiger partial charge in [0.15, 0.2) is 0 Å². The molecule has 0 fully saturated rings. The number of aromatic nitrogens is 1. The first-order chi connectivity index (χ1) is 25.3. The van der Waals surface area contributed by atoms with Gasteiger partial charge in [0, 0.05) is 50.8 Å². The van der Waals surface area contributed by atoms with Crippen LogP contribution in [0.5, 0.6) is 0 Å². The van der Waals surface area contributed by atoms with E-state index in [0.717, 1.165) is 82.2 Å². The molecule has 2 heteroatoms. The molecule has 0 saturated heterocycles. The first-order valence-corrected chi connectivity index (χ1v) is 15.8. The van der Waals surface area contributed by atoms with Crippen LogP contribution in [-0.4, -0.2) is 4.57 Å². The molecule has 0 unspecified atom stereocenters. The molecular formula is C45H29NO. The maximum absolute atomic E-state index is 8.92. The van der Waals surface area contributed by atoms with Crippen molar-refractivity contribution in [2.75, 3.05) is 0 Å².